The van der Waals surface area contributed by atoms with E-state index in [1.54, 1.807) is 0 Å². The number of benzene rings is 2. The average Bonchev–Trinajstić information content (AvgIpc) is 2.83. The van der Waals surface area contributed by atoms with Crippen molar-refractivity contribution < 1.29 is 23.0 Å². The molecule has 1 aliphatic carbocycles. The zero-order valence-corrected chi connectivity index (χ0v) is 21.3. The van der Waals surface area contributed by atoms with E-state index < -0.39 is 11.7 Å². The Labute approximate surface area is 218 Å². The van der Waals surface area contributed by atoms with Crippen LogP contribution >= 0.6 is 24.8 Å². The Kier molecular flexibility index (Phi) is 11.6. The molecule has 1 saturated carbocycles. The summed E-state index contributed by atoms with van der Waals surface area (Å²) in [6.45, 7) is 4.43. The molecule has 1 atom stereocenters. The molecule has 2 N–H and O–H groups in total. The van der Waals surface area contributed by atoms with Crippen molar-refractivity contribution >= 4 is 24.8 Å². The summed E-state index contributed by atoms with van der Waals surface area (Å²) in [6.07, 6.45) is -1.68. The molecule has 0 aromatic heterocycles. The van der Waals surface area contributed by atoms with Gasteiger partial charge in [0.15, 0.2) is 0 Å². The Morgan fingerprint density at radius 3 is 2.26 bits per heavy atom. The van der Waals surface area contributed by atoms with E-state index in [0.717, 1.165) is 51.1 Å². The van der Waals surface area contributed by atoms with Crippen LogP contribution in [0, 0.1) is 5.92 Å². The van der Waals surface area contributed by atoms with Crippen LogP contribution in [-0.4, -0.2) is 48.8 Å². The number of aliphatic hydroxyl groups excluding tert-OH is 1. The Hall–Kier alpha value is -1.51. The van der Waals surface area contributed by atoms with Crippen molar-refractivity contribution in [3.63, 3.8) is 0 Å². The predicted molar refractivity (Wildman–Crippen MR) is 137 cm³/mol. The van der Waals surface area contributed by atoms with Gasteiger partial charge in [-0.15, -0.1) is 24.8 Å². The Morgan fingerprint density at radius 1 is 0.971 bits per heavy atom. The first-order chi connectivity index (χ1) is 15.9. The van der Waals surface area contributed by atoms with Gasteiger partial charge >= 0.3 is 6.18 Å². The fourth-order valence-corrected chi connectivity index (χ4v) is 5.06. The molecular formula is C26H35Cl2F3N2O2. The van der Waals surface area contributed by atoms with Crippen LogP contribution in [0.1, 0.15) is 48.3 Å². The second-order valence-electron chi connectivity index (χ2n) is 9.25. The van der Waals surface area contributed by atoms with E-state index in [0.29, 0.717) is 18.4 Å². The molecule has 0 amide bonds. The standard InChI is InChI=1S/C26H33F3N2O2.2ClH/c27-26(28,29)24-16-21(8-11-25(24)33-18-19-4-2-1-3-5-19)23(17-31-14-12-30-13-15-31)20-6-9-22(32)10-7-20;;/h1-5,8,11,16,20,22-23,30,32H,6-7,9-10,12-15,17-18H2;2*1H. The molecule has 2 aromatic carbocycles. The molecule has 1 saturated heterocycles. The van der Waals surface area contributed by atoms with Crippen LogP contribution in [0.5, 0.6) is 5.75 Å². The van der Waals surface area contributed by atoms with Crippen molar-refractivity contribution in [3.8, 4) is 5.75 Å². The van der Waals surface area contributed by atoms with Crippen LogP contribution in [0.4, 0.5) is 13.2 Å². The number of rotatable bonds is 7. The van der Waals surface area contributed by atoms with Crippen LogP contribution < -0.4 is 10.1 Å². The van der Waals surface area contributed by atoms with Gasteiger partial charge in [0.1, 0.15) is 12.4 Å². The summed E-state index contributed by atoms with van der Waals surface area (Å²) in [5, 5.41) is 13.3. The Bertz CT molecular complexity index is 888. The van der Waals surface area contributed by atoms with E-state index in [-0.39, 0.29) is 55.1 Å². The third kappa shape index (κ3) is 8.25. The van der Waals surface area contributed by atoms with Crippen LogP contribution in [-0.2, 0) is 12.8 Å². The molecule has 2 aromatic rings. The van der Waals surface area contributed by atoms with Crippen molar-refractivity contribution in [1.29, 1.82) is 0 Å². The van der Waals surface area contributed by atoms with Crippen molar-refractivity contribution in [2.24, 2.45) is 5.92 Å². The minimum atomic E-state index is -4.50. The summed E-state index contributed by atoms with van der Waals surface area (Å²) in [6, 6.07) is 13.8. The van der Waals surface area contributed by atoms with E-state index in [2.05, 4.69) is 10.2 Å². The first-order valence-electron chi connectivity index (χ1n) is 11.9. The second-order valence-corrected chi connectivity index (χ2v) is 9.25. The van der Waals surface area contributed by atoms with Crippen molar-refractivity contribution in [2.75, 3.05) is 32.7 Å². The first-order valence-corrected chi connectivity index (χ1v) is 11.9. The van der Waals surface area contributed by atoms with Gasteiger partial charge in [-0.1, -0.05) is 36.4 Å². The summed E-state index contributed by atoms with van der Waals surface area (Å²) in [7, 11) is 0. The molecule has 2 aliphatic rings. The Balaban J connectivity index is 0.00000216. The normalized spacial score (nSPS) is 21.9. The zero-order valence-electron chi connectivity index (χ0n) is 19.7. The molecule has 1 heterocycles. The highest BCUT2D eigenvalue weighted by atomic mass is 35.5. The molecule has 1 aliphatic heterocycles. The van der Waals surface area contributed by atoms with Crippen molar-refractivity contribution in [2.45, 2.75) is 50.5 Å². The third-order valence-corrected chi connectivity index (χ3v) is 6.95. The Morgan fingerprint density at radius 2 is 1.63 bits per heavy atom. The van der Waals surface area contributed by atoms with Gasteiger partial charge in [0, 0.05) is 32.7 Å². The maximum Gasteiger partial charge on any atom is 0.419 e. The third-order valence-electron chi connectivity index (χ3n) is 6.95. The predicted octanol–water partition coefficient (Wildman–Crippen LogP) is 5.67. The number of alkyl halides is 3. The average molecular weight is 535 g/mol. The summed E-state index contributed by atoms with van der Waals surface area (Å²) >= 11 is 0. The van der Waals surface area contributed by atoms with Crippen molar-refractivity contribution in [1.82, 2.24) is 10.2 Å². The molecule has 0 spiro atoms. The van der Waals surface area contributed by atoms with Crippen LogP contribution in [0.2, 0.25) is 0 Å². The van der Waals surface area contributed by atoms with Crippen LogP contribution in [0.3, 0.4) is 0 Å². The molecule has 4 nitrogen and oxygen atoms in total. The maximum absolute atomic E-state index is 14.0. The van der Waals surface area contributed by atoms with Gasteiger partial charge in [0.05, 0.1) is 11.7 Å². The molecule has 0 radical (unpaired) electrons. The lowest BCUT2D eigenvalue weighted by atomic mass is 9.75. The number of ether oxygens (including phenoxy) is 1. The van der Waals surface area contributed by atoms with Gasteiger partial charge < -0.3 is 20.1 Å². The molecule has 0 bridgehead atoms. The van der Waals surface area contributed by atoms with Gasteiger partial charge in [-0.05, 0) is 60.8 Å². The largest absolute Gasteiger partial charge is 0.488 e. The summed E-state index contributed by atoms with van der Waals surface area (Å²) in [5.74, 6) is 0.135. The summed E-state index contributed by atoms with van der Waals surface area (Å²) in [5.41, 5.74) is 0.832. The van der Waals surface area contributed by atoms with E-state index >= 15 is 0 Å². The molecule has 4 rings (SSSR count). The van der Waals surface area contributed by atoms with Gasteiger partial charge in [-0.2, -0.15) is 13.2 Å². The van der Waals surface area contributed by atoms with Gasteiger partial charge in [-0.25, -0.2) is 0 Å². The summed E-state index contributed by atoms with van der Waals surface area (Å²) in [4.78, 5) is 2.35. The number of nitrogens with zero attached hydrogens (tertiary/aromatic N) is 1. The van der Waals surface area contributed by atoms with E-state index in [1.165, 1.54) is 12.1 Å². The number of hydrogen-bond acceptors (Lipinski definition) is 4. The molecule has 1 unspecified atom stereocenters. The monoisotopic (exact) mass is 534 g/mol. The van der Waals surface area contributed by atoms with Gasteiger partial charge in [-0.3, -0.25) is 0 Å². The summed E-state index contributed by atoms with van der Waals surface area (Å²) < 4.78 is 47.7. The van der Waals surface area contributed by atoms with Crippen LogP contribution in [0.15, 0.2) is 48.5 Å². The number of nitrogens with one attached hydrogen (secondary N) is 1. The maximum atomic E-state index is 14.0. The zero-order chi connectivity index (χ0) is 23.3. The van der Waals surface area contributed by atoms with Gasteiger partial charge in [0.2, 0.25) is 0 Å². The smallest absolute Gasteiger partial charge is 0.419 e. The minimum absolute atomic E-state index is 0. The first kappa shape index (κ1) is 29.7. The number of hydrogen-bond donors (Lipinski definition) is 2. The highest BCUT2D eigenvalue weighted by molar-refractivity contribution is 5.85. The topological polar surface area (TPSA) is 44.7 Å². The fraction of sp³-hybridized carbons (Fsp3) is 0.538. The molecule has 9 heteroatoms. The van der Waals surface area contributed by atoms with E-state index in [1.807, 2.05) is 36.4 Å². The SMILES string of the molecule is Cl.Cl.OC1CCC(C(CN2CCNCC2)c2ccc(OCc3ccccc3)c(C(F)(F)F)c2)CC1. The number of halogens is 5. The van der Waals surface area contributed by atoms with Crippen molar-refractivity contribution in [3.05, 3.63) is 65.2 Å². The van der Waals surface area contributed by atoms with E-state index in [9.17, 15) is 18.3 Å². The minimum Gasteiger partial charge on any atom is -0.488 e. The molecule has 35 heavy (non-hydrogen) atoms. The lowest BCUT2D eigenvalue weighted by molar-refractivity contribution is -0.139. The highest BCUT2D eigenvalue weighted by Crippen LogP contribution is 2.42. The van der Waals surface area contributed by atoms with Crippen LogP contribution in [0.25, 0.3) is 0 Å². The second kappa shape index (κ2) is 13.7. The number of piperazine rings is 1. The molecule has 196 valence electrons. The van der Waals surface area contributed by atoms with Gasteiger partial charge in [0.25, 0.3) is 0 Å². The highest BCUT2D eigenvalue weighted by Gasteiger charge is 2.37. The number of aliphatic hydroxyl groups is 1. The molecular weight excluding hydrogens is 500 g/mol. The lowest BCUT2D eigenvalue weighted by Gasteiger charge is -2.37. The fourth-order valence-electron chi connectivity index (χ4n) is 5.06. The quantitative estimate of drug-likeness (QED) is 0.480. The molecule has 2 fully saturated rings. The lowest BCUT2D eigenvalue weighted by Crippen LogP contribution is -2.46. The van der Waals surface area contributed by atoms with E-state index in [4.69, 9.17) is 4.74 Å².